The van der Waals surface area contributed by atoms with Gasteiger partial charge in [0.1, 0.15) is 0 Å². The smallest absolute Gasteiger partial charge is 0.171 e. The van der Waals surface area contributed by atoms with Gasteiger partial charge in [-0.05, 0) is 6.92 Å². The van der Waals surface area contributed by atoms with Gasteiger partial charge in [0.15, 0.2) is 18.0 Å². The number of fused-ring (bicyclic) bond motifs is 5. The predicted molar refractivity (Wildman–Crippen MR) is 39.8 cm³/mol. The van der Waals surface area contributed by atoms with Crippen LogP contribution in [0, 0.1) is 5.92 Å². The van der Waals surface area contributed by atoms with Crippen molar-refractivity contribution in [3.63, 3.8) is 0 Å². The van der Waals surface area contributed by atoms with Gasteiger partial charge in [-0.1, -0.05) is 5.16 Å². The van der Waals surface area contributed by atoms with E-state index in [9.17, 15) is 4.79 Å². The monoisotopic (exact) mass is 167 g/mol. The summed E-state index contributed by atoms with van der Waals surface area (Å²) < 4.78 is 5.47. The maximum absolute atomic E-state index is 11.2. The molecule has 0 spiro atoms. The number of carbonyl (C=O) groups excluding carboxylic acids is 1. The molecule has 3 aliphatic rings. The molecule has 0 aliphatic carbocycles. The van der Waals surface area contributed by atoms with Crippen LogP contribution in [0.2, 0.25) is 0 Å². The van der Waals surface area contributed by atoms with Gasteiger partial charge in [0.25, 0.3) is 0 Å². The van der Waals surface area contributed by atoms with E-state index in [4.69, 9.17) is 9.57 Å². The Bertz CT molecular complexity index is 286. The first-order valence-corrected chi connectivity index (χ1v) is 4.16. The van der Waals surface area contributed by atoms with Crippen molar-refractivity contribution in [2.75, 3.05) is 0 Å². The molecule has 0 aromatic heterocycles. The number of rotatable bonds is 0. The van der Waals surface area contributed by atoms with E-state index in [1.165, 1.54) is 0 Å². The van der Waals surface area contributed by atoms with E-state index in [0.717, 1.165) is 5.71 Å². The Labute approximate surface area is 69.5 Å². The van der Waals surface area contributed by atoms with Crippen LogP contribution < -0.4 is 0 Å². The minimum Gasteiger partial charge on any atom is -0.388 e. The number of ether oxygens (including phenoxy) is 1. The van der Waals surface area contributed by atoms with Crippen molar-refractivity contribution in [3.8, 4) is 0 Å². The van der Waals surface area contributed by atoms with Gasteiger partial charge in [-0.15, -0.1) is 0 Å². The van der Waals surface area contributed by atoms with Crippen LogP contribution in [0.25, 0.3) is 0 Å². The van der Waals surface area contributed by atoms with Gasteiger partial charge in [-0.3, -0.25) is 4.79 Å². The molecule has 0 N–H and O–H groups in total. The van der Waals surface area contributed by atoms with Crippen LogP contribution in [0.3, 0.4) is 0 Å². The van der Waals surface area contributed by atoms with Gasteiger partial charge in [-0.25, -0.2) is 0 Å². The van der Waals surface area contributed by atoms with E-state index in [2.05, 4.69) is 5.16 Å². The summed E-state index contributed by atoms with van der Waals surface area (Å²) in [6.07, 6.45) is 0.137. The van der Waals surface area contributed by atoms with Crippen LogP contribution in [-0.4, -0.2) is 29.8 Å². The third kappa shape index (κ3) is 0.579. The van der Waals surface area contributed by atoms with Crippen LogP contribution in [0.5, 0.6) is 0 Å². The number of ketones is 1. The zero-order valence-electron chi connectivity index (χ0n) is 6.69. The lowest BCUT2D eigenvalue weighted by Gasteiger charge is -2.17. The van der Waals surface area contributed by atoms with Crippen molar-refractivity contribution in [3.05, 3.63) is 0 Å². The first-order valence-electron chi connectivity index (χ1n) is 4.16. The average Bonchev–Trinajstić information content (AvgIpc) is 2.62. The summed E-state index contributed by atoms with van der Waals surface area (Å²) in [6.45, 7) is 1.93. The Kier molecular flexibility index (Phi) is 1.03. The molecular formula is C8H9NO3. The van der Waals surface area contributed by atoms with Crippen LogP contribution in [-0.2, 0) is 14.4 Å². The topological polar surface area (TPSA) is 47.9 Å². The Morgan fingerprint density at radius 1 is 1.58 bits per heavy atom. The fourth-order valence-corrected chi connectivity index (χ4v) is 2.33. The van der Waals surface area contributed by atoms with Crippen molar-refractivity contribution >= 4 is 11.5 Å². The number of oxime groups is 1. The molecule has 64 valence electrons. The van der Waals surface area contributed by atoms with Crippen molar-refractivity contribution in [1.29, 1.82) is 0 Å². The molecule has 2 bridgehead atoms. The Hall–Kier alpha value is -0.900. The fraction of sp³-hybridized carbons (Fsp3) is 0.750. The standard InChI is InChI=1S/C8H9NO3/c1-3-6-5-2-4(10)7(11-5)8(6)12-9-3/h5-8H,2H2,1H3/t5-,6-,7+,8-/m0/s1. The number of Topliss-reactive ketones (excluding diaryl/α,β-unsaturated/α-hetero) is 1. The van der Waals surface area contributed by atoms with E-state index in [-0.39, 0.29) is 30.0 Å². The maximum Gasteiger partial charge on any atom is 0.171 e. The van der Waals surface area contributed by atoms with E-state index < -0.39 is 0 Å². The number of carbonyl (C=O) groups is 1. The lowest BCUT2D eigenvalue weighted by Crippen LogP contribution is -2.38. The van der Waals surface area contributed by atoms with Crippen molar-refractivity contribution in [2.45, 2.75) is 31.7 Å². The second-order valence-electron chi connectivity index (χ2n) is 3.59. The van der Waals surface area contributed by atoms with E-state index in [0.29, 0.717) is 6.42 Å². The Morgan fingerprint density at radius 3 is 3.25 bits per heavy atom. The van der Waals surface area contributed by atoms with Crippen LogP contribution >= 0.6 is 0 Å². The molecule has 0 unspecified atom stereocenters. The highest BCUT2D eigenvalue weighted by atomic mass is 16.7. The summed E-state index contributed by atoms with van der Waals surface area (Å²) in [4.78, 5) is 16.4. The van der Waals surface area contributed by atoms with Crippen molar-refractivity contribution < 1.29 is 14.4 Å². The van der Waals surface area contributed by atoms with Gasteiger partial charge in [0, 0.05) is 6.42 Å². The normalized spacial score (nSPS) is 49.1. The summed E-state index contributed by atoms with van der Waals surface area (Å²) in [5.41, 5.74) is 0.972. The first-order chi connectivity index (χ1) is 5.77. The third-order valence-corrected chi connectivity index (χ3v) is 2.89. The van der Waals surface area contributed by atoms with Crippen LogP contribution in [0.15, 0.2) is 5.16 Å². The molecule has 2 saturated heterocycles. The number of hydrogen-bond donors (Lipinski definition) is 0. The first kappa shape index (κ1) is 6.60. The second-order valence-corrected chi connectivity index (χ2v) is 3.59. The Morgan fingerprint density at radius 2 is 2.42 bits per heavy atom. The molecule has 0 radical (unpaired) electrons. The van der Waals surface area contributed by atoms with Crippen LogP contribution in [0.1, 0.15) is 13.3 Å². The highest BCUT2D eigenvalue weighted by molar-refractivity contribution is 5.94. The molecule has 3 rings (SSSR count). The highest BCUT2D eigenvalue weighted by Gasteiger charge is 2.58. The summed E-state index contributed by atoms with van der Waals surface area (Å²) in [5, 5.41) is 3.88. The molecule has 0 amide bonds. The van der Waals surface area contributed by atoms with Gasteiger partial charge in [0.2, 0.25) is 0 Å². The average molecular weight is 167 g/mol. The molecule has 4 heteroatoms. The largest absolute Gasteiger partial charge is 0.388 e. The number of nitrogens with zero attached hydrogens (tertiary/aromatic N) is 1. The highest BCUT2D eigenvalue weighted by Crippen LogP contribution is 2.42. The maximum atomic E-state index is 11.2. The lowest BCUT2D eigenvalue weighted by molar-refractivity contribution is -0.127. The summed E-state index contributed by atoms with van der Waals surface area (Å²) in [7, 11) is 0. The van der Waals surface area contributed by atoms with Crippen molar-refractivity contribution in [1.82, 2.24) is 0 Å². The van der Waals surface area contributed by atoms with Gasteiger partial charge < -0.3 is 9.57 Å². The molecule has 4 nitrogen and oxygen atoms in total. The fourth-order valence-electron chi connectivity index (χ4n) is 2.33. The quantitative estimate of drug-likeness (QED) is 0.514. The van der Waals surface area contributed by atoms with Crippen molar-refractivity contribution in [2.24, 2.45) is 11.1 Å². The zero-order valence-corrected chi connectivity index (χ0v) is 6.69. The SMILES string of the molecule is CC1=NO[C@H]2[C@@H]1[C@@H]1CC(=O)[C@H]2O1. The zero-order chi connectivity index (χ0) is 8.29. The molecule has 0 aromatic rings. The third-order valence-electron chi connectivity index (χ3n) is 2.89. The van der Waals surface area contributed by atoms with E-state index >= 15 is 0 Å². The molecule has 0 saturated carbocycles. The van der Waals surface area contributed by atoms with Gasteiger partial charge >= 0.3 is 0 Å². The molecule has 3 heterocycles. The molecular weight excluding hydrogens is 158 g/mol. The summed E-state index contributed by atoms with van der Waals surface area (Å²) >= 11 is 0. The molecule has 0 aromatic carbocycles. The van der Waals surface area contributed by atoms with Gasteiger partial charge in [-0.2, -0.15) is 0 Å². The molecule has 4 atom stereocenters. The number of hydrogen-bond acceptors (Lipinski definition) is 4. The Balaban J connectivity index is 1.98. The van der Waals surface area contributed by atoms with Crippen LogP contribution in [0.4, 0.5) is 0 Å². The summed E-state index contributed by atoms with van der Waals surface area (Å²) in [5.74, 6) is 0.416. The predicted octanol–water partition coefficient (Wildman–Crippen LogP) is 0.117. The van der Waals surface area contributed by atoms with Gasteiger partial charge in [0.05, 0.1) is 17.7 Å². The molecule has 12 heavy (non-hydrogen) atoms. The molecule has 3 aliphatic heterocycles. The van der Waals surface area contributed by atoms with E-state index in [1.807, 2.05) is 6.92 Å². The molecule has 2 fully saturated rings. The second kappa shape index (κ2) is 1.88. The lowest BCUT2D eigenvalue weighted by atomic mass is 9.84. The van der Waals surface area contributed by atoms with E-state index in [1.54, 1.807) is 0 Å². The minimum atomic E-state index is -0.332. The summed E-state index contributed by atoms with van der Waals surface area (Å²) in [6, 6.07) is 0. The minimum absolute atomic E-state index is 0.0405.